The van der Waals surface area contributed by atoms with E-state index < -0.39 is 21.7 Å². The second-order valence-corrected chi connectivity index (χ2v) is 7.09. The Kier molecular flexibility index (Phi) is 4.56. The van der Waals surface area contributed by atoms with E-state index in [4.69, 9.17) is 11.6 Å². The number of aromatic nitrogens is 2. The largest absolute Gasteiger partial charge is 0.268 e. The maximum atomic E-state index is 12.9. The fourth-order valence-electron chi connectivity index (χ4n) is 2.10. The van der Waals surface area contributed by atoms with Gasteiger partial charge in [-0.15, -0.1) is 0 Å². The molecule has 0 aliphatic carbocycles. The molecule has 3 aromatic rings. The molecule has 1 aromatic heterocycles. The normalized spacial score (nSPS) is 11.3. The molecule has 2 aromatic carbocycles. The second-order valence-electron chi connectivity index (χ2n) is 5.00. The summed E-state index contributed by atoms with van der Waals surface area (Å²) in [5.41, 5.74) is 0.513. The standard InChI is InChI=1S/C16H11ClFN3O3S/c17-15-7-4-12(21-9-1-8-19-21)10-14(15)16(22)20-25(23,24)13-5-2-11(18)3-6-13/h1-10H,(H,20,22). The molecule has 0 spiro atoms. The summed E-state index contributed by atoms with van der Waals surface area (Å²) in [6, 6.07) is 10.3. The van der Waals surface area contributed by atoms with Gasteiger partial charge >= 0.3 is 0 Å². The summed E-state index contributed by atoms with van der Waals surface area (Å²) < 4.78 is 40.8. The lowest BCUT2D eigenvalue weighted by molar-refractivity contribution is 0.0981. The number of hydrogen-bond acceptors (Lipinski definition) is 4. The molecule has 9 heteroatoms. The quantitative estimate of drug-likeness (QED) is 0.755. The minimum atomic E-state index is -4.16. The fraction of sp³-hybridized carbons (Fsp3) is 0. The molecule has 3 rings (SSSR count). The first-order chi connectivity index (χ1) is 11.9. The van der Waals surface area contributed by atoms with Crippen molar-refractivity contribution in [1.82, 2.24) is 14.5 Å². The number of rotatable bonds is 4. The van der Waals surface area contributed by atoms with Gasteiger partial charge in [0.2, 0.25) is 0 Å². The summed E-state index contributed by atoms with van der Waals surface area (Å²) in [4.78, 5) is 12.1. The van der Waals surface area contributed by atoms with E-state index in [1.165, 1.54) is 16.8 Å². The molecule has 25 heavy (non-hydrogen) atoms. The molecule has 1 amide bonds. The van der Waals surface area contributed by atoms with Crippen LogP contribution in [0.5, 0.6) is 0 Å². The molecule has 0 unspecified atom stereocenters. The van der Waals surface area contributed by atoms with Crippen molar-refractivity contribution < 1.29 is 17.6 Å². The highest BCUT2D eigenvalue weighted by Gasteiger charge is 2.21. The molecule has 0 fully saturated rings. The molecule has 128 valence electrons. The summed E-state index contributed by atoms with van der Waals surface area (Å²) in [6.45, 7) is 0. The Morgan fingerprint density at radius 2 is 1.88 bits per heavy atom. The molecule has 0 radical (unpaired) electrons. The average molecular weight is 380 g/mol. The summed E-state index contributed by atoms with van der Waals surface area (Å²) in [5, 5.41) is 4.12. The topological polar surface area (TPSA) is 81.1 Å². The van der Waals surface area contributed by atoms with Gasteiger partial charge < -0.3 is 0 Å². The molecule has 0 atom stereocenters. The highest BCUT2D eigenvalue weighted by Crippen LogP contribution is 2.20. The van der Waals surface area contributed by atoms with Crippen LogP contribution in [0.4, 0.5) is 4.39 Å². The summed E-state index contributed by atoms with van der Waals surface area (Å²) in [6.07, 6.45) is 3.23. The molecular weight excluding hydrogens is 369 g/mol. The predicted octanol–water partition coefficient (Wildman–Crippen LogP) is 2.78. The summed E-state index contributed by atoms with van der Waals surface area (Å²) in [7, 11) is -4.16. The number of nitrogens with zero attached hydrogens (tertiary/aromatic N) is 2. The van der Waals surface area contributed by atoms with Crippen molar-refractivity contribution in [3.63, 3.8) is 0 Å². The first kappa shape index (κ1) is 17.1. The molecule has 0 bridgehead atoms. The molecule has 0 aliphatic heterocycles. The van der Waals surface area contributed by atoms with Crippen LogP contribution >= 0.6 is 11.6 Å². The van der Waals surface area contributed by atoms with Gasteiger partial charge in [-0.05, 0) is 48.5 Å². The highest BCUT2D eigenvalue weighted by molar-refractivity contribution is 7.90. The number of halogens is 2. The van der Waals surface area contributed by atoms with Crippen molar-refractivity contribution in [1.29, 1.82) is 0 Å². The van der Waals surface area contributed by atoms with Gasteiger partial charge in [0.1, 0.15) is 5.82 Å². The first-order valence-corrected chi connectivity index (χ1v) is 8.85. The molecule has 1 N–H and O–H groups in total. The fourth-order valence-corrected chi connectivity index (χ4v) is 3.27. The molecule has 0 saturated carbocycles. The number of hydrogen-bond donors (Lipinski definition) is 1. The number of sulfonamides is 1. The zero-order valence-electron chi connectivity index (χ0n) is 12.6. The van der Waals surface area contributed by atoms with E-state index in [1.54, 1.807) is 24.5 Å². The second kappa shape index (κ2) is 6.66. The van der Waals surface area contributed by atoms with Gasteiger partial charge in [-0.3, -0.25) is 4.79 Å². The number of amides is 1. The van der Waals surface area contributed by atoms with Crippen LogP contribution in [0, 0.1) is 5.82 Å². The minimum absolute atomic E-state index is 0.0275. The van der Waals surface area contributed by atoms with Crippen LogP contribution in [0.2, 0.25) is 5.02 Å². The minimum Gasteiger partial charge on any atom is -0.268 e. The van der Waals surface area contributed by atoms with Gasteiger partial charge in [-0.2, -0.15) is 5.10 Å². The lowest BCUT2D eigenvalue weighted by Gasteiger charge is -2.10. The molecule has 0 saturated heterocycles. The van der Waals surface area contributed by atoms with Crippen LogP contribution in [0.1, 0.15) is 10.4 Å². The van der Waals surface area contributed by atoms with E-state index in [0.29, 0.717) is 5.69 Å². The van der Waals surface area contributed by atoms with Crippen LogP contribution in [-0.4, -0.2) is 24.1 Å². The maximum Gasteiger partial charge on any atom is 0.266 e. The molecule has 0 aliphatic rings. The first-order valence-electron chi connectivity index (χ1n) is 6.99. The lowest BCUT2D eigenvalue weighted by Crippen LogP contribution is -2.30. The highest BCUT2D eigenvalue weighted by atomic mass is 35.5. The predicted molar refractivity (Wildman–Crippen MR) is 89.6 cm³/mol. The van der Waals surface area contributed by atoms with Crippen molar-refractivity contribution >= 4 is 27.5 Å². The Morgan fingerprint density at radius 3 is 2.52 bits per heavy atom. The SMILES string of the molecule is O=C(NS(=O)(=O)c1ccc(F)cc1)c1cc(-n2cccn2)ccc1Cl. The van der Waals surface area contributed by atoms with Crippen LogP contribution < -0.4 is 4.72 Å². The number of carbonyl (C=O) groups is 1. The van der Waals surface area contributed by atoms with E-state index in [0.717, 1.165) is 24.3 Å². The zero-order chi connectivity index (χ0) is 18.0. The van der Waals surface area contributed by atoms with Gasteiger partial charge in [0.15, 0.2) is 0 Å². The Balaban J connectivity index is 1.90. The van der Waals surface area contributed by atoms with E-state index in [1.807, 2.05) is 4.72 Å². The Bertz CT molecular complexity index is 1020. The summed E-state index contributed by atoms with van der Waals surface area (Å²) in [5.74, 6) is -1.48. The molecule has 1 heterocycles. The third-order valence-electron chi connectivity index (χ3n) is 3.31. The Morgan fingerprint density at radius 1 is 1.16 bits per heavy atom. The van der Waals surface area contributed by atoms with Gasteiger partial charge in [-0.25, -0.2) is 22.2 Å². The summed E-state index contributed by atoms with van der Waals surface area (Å²) >= 11 is 6.01. The van der Waals surface area contributed by atoms with Gasteiger partial charge in [0, 0.05) is 12.4 Å². The third-order valence-corrected chi connectivity index (χ3v) is 4.99. The van der Waals surface area contributed by atoms with Crippen molar-refractivity contribution in [3.05, 3.63) is 77.3 Å². The number of nitrogens with one attached hydrogen (secondary N) is 1. The van der Waals surface area contributed by atoms with Crippen molar-refractivity contribution in [3.8, 4) is 5.69 Å². The molecule has 6 nitrogen and oxygen atoms in total. The van der Waals surface area contributed by atoms with Crippen LogP contribution in [-0.2, 0) is 10.0 Å². The van der Waals surface area contributed by atoms with Gasteiger partial charge in [0.25, 0.3) is 15.9 Å². The van der Waals surface area contributed by atoms with Crippen molar-refractivity contribution in [2.45, 2.75) is 4.90 Å². The lowest BCUT2D eigenvalue weighted by atomic mass is 10.2. The smallest absolute Gasteiger partial charge is 0.266 e. The number of benzene rings is 2. The van der Waals surface area contributed by atoms with E-state index in [2.05, 4.69) is 5.10 Å². The Hall–Kier alpha value is -2.71. The van der Waals surface area contributed by atoms with Crippen molar-refractivity contribution in [2.24, 2.45) is 0 Å². The van der Waals surface area contributed by atoms with E-state index in [9.17, 15) is 17.6 Å². The average Bonchev–Trinajstić information content (AvgIpc) is 3.09. The van der Waals surface area contributed by atoms with Gasteiger partial charge in [-0.1, -0.05) is 11.6 Å². The Labute approximate surface area is 147 Å². The van der Waals surface area contributed by atoms with E-state index in [-0.39, 0.29) is 15.5 Å². The maximum absolute atomic E-state index is 12.9. The number of carbonyl (C=O) groups excluding carboxylic acids is 1. The van der Waals surface area contributed by atoms with Crippen LogP contribution in [0.25, 0.3) is 5.69 Å². The van der Waals surface area contributed by atoms with Crippen LogP contribution in [0.15, 0.2) is 65.8 Å². The third kappa shape index (κ3) is 3.70. The van der Waals surface area contributed by atoms with E-state index >= 15 is 0 Å². The van der Waals surface area contributed by atoms with Gasteiger partial charge in [0.05, 0.1) is 21.2 Å². The monoisotopic (exact) mass is 379 g/mol. The zero-order valence-corrected chi connectivity index (χ0v) is 14.1. The van der Waals surface area contributed by atoms with Crippen molar-refractivity contribution in [2.75, 3.05) is 0 Å². The van der Waals surface area contributed by atoms with Crippen LogP contribution in [0.3, 0.4) is 0 Å². The molecular formula is C16H11ClFN3O3S.